The minimum Gasteiger partial charge on any atom is -0.507 e. The molecule has 2 aromatic rings. The number of nitrogens with one attached hydrogen (secondary N) is 2. The quantitative estimate of drug-likeness (QED) is 0.201. The molecule has 5 aliphatic rings. The molecule has 15 nitrogen and oxygen atoms in total. The second-order valence-corrected chi connectivity index (χ2v) is 15.5. The van der Waals surface area contributed by atoms with Crippen molar-refractivity contribution in [2.75, 3.05) is 71.4 Å². The fourth-order valence-electron chi connectivity index (χ4n) is 8.21. The van der Waals surface area contributed by atoms with Gasteiger partial charge in [0.05, 0.1) is 17.3 Å². The highest BCUT2D eigenvalue weighted by molar-refractivity contribution is 6.06. The van der Waals surface area contributed by atoms with Crippen LogP contribution in [0.1, 0.15) is 64.8 Å². The van der Waals surface area contributed by atoms with Crippen LogP contribution in [0.3, 0.4) is 0 Å². The highest BCUT2D eigenvalue weighted by Gasteiger charge is 2.37. The molecule has 7 rings (SSSR count). The molecule has 0 saturated carbocycles. The summed E-state index contributed by atoms with van der Waals surface area (Å²) in [6.07, 6.45) is 4.99. The third-order valence-electron chi connectivity index (χ3n) is 11.6. The number of alkyl halides is 1. The molecule has 4 saturated heterocycles. The maximum absolute atomic E-state index is 13.7. The van der Waals surface area contributed by atoms with Crippen LogP contribution < -0.4 is 27.0 Å². The number of nitrogens with two attached hydrogens (primary N) is 2. The Bertz CT molecular complexity index is 1910. The third-order valence-corrected chi connectivity index (χ3v) is 11.6. The number of amides is 4. The molecule has 0 aromatic heterocycles. The van der Waals surface area contributed by atoms with Crippen LogP contribution in [0.15, 0.2) is 60.1 Å². The maximum Gasteiger partial charge on any atom is 0.255 e. The summed E-state index contributed by atoms with van der Waals surface area (Å²) in [6, 6.07) is 11.2. The zero-order valence-electron chi connectivity index (χ0n) is 32.7. The number of piperidine rings is 3. The highest BCUT2D eigenvalue weighted by Crippen LogP contribution is 2.29. The standard InChI is InChI=1S/C22H32N6O2.C19H22FN3O4/c1-26-8-6-15(7-9-26)22(30)27-10-11-28-16(14-27)13-25-21(24)19(28)12-18(23)17-4-2-3-5-20(17)29;1-22(16-6-7-17(25)21-18(16)26)19(27)15-9-14(5-4-12(15)11-24)23-8-2-3-13(20)10-23/h2-5,12,15-16,25,29H,6-11,13-14,23-24H2,1H3;4-5,9,11,13,16H,2-3,6-8,10H2,1H3,(H,21,25,26)/b18-12-;. The normalized spacial score (nSPS) is 23.5. The number of likely N-dealkylation sites (N-methyl/N-ethyl adjacent to an activating group) is 1. The van der Waals surface area contributed by atoms with Gasteiger partial charge in [-0.15, -0.1) is 0 Å². The molecular formula is C41H54FN9O6. The number of piperazine rings is 1. The van der Waals surface area contributed by atoms with Gasteiger partial charge in [0, 0.05) is 81.2 Å². The lowest BCUT2D eigenvalue weighted by Gasteiger charge is -2.47. The fraction of sp³-hybridized carbons (Fsp3) is 0.488. The van der Waals surface area contributed by atoms with Gasteiger partial charge >= 0.3 is 0 Å². The zero-order chi connectivity index (χ0) is 40.8. The SMILES string of the molecule is CN(C(=O)c1cc(N2CCCC(F)C2)ccc1C=O)C1CCC(=O)NC1=O.CN1CCC(C(=O)N2CCN3C(/C=C(\N)c4ccccc4O)=C(N)NCC3C2)CC1. The molecule has 57 heavy (non-hydrogen) atoms. The van der Waals surface area contributed by atoms with Gasteiger partial charge in [0.2, 0.25) is 17.7 Å². The van der Waals surface area contributed by atoms with E-state index in [1.54, 1.807) is 30.3 Å². The maximum atomic E-state index is 13.7. The minimum absolute atomic E-state index is 0.138. The number of allylic oxidation sites excluding steroid dienone is 1. The van der Waals surface area contributed by atoms with Crippen molar-refractivity contribution in [2.24, 2.45) is 17.4 Å². The first-order chi connectivity index (χ1) is 27.3. The number of aromatic hydroxyl groups is 1. The van der Waals surface area contributed by atoms with Crippen LogP contribution in [-0.4, -0.2) is 139 Å². The van der Waals surface area contributed by atoms with Gasteiger partial charge in [-0.2, -0.15) is 0 Å². The van der Waals surface area contributed by atoms with Crippen LogP contribution in [0.4, 0.5) is 10.1 Å². The number of likely N-dealkylation sites (tertiary alicyclic amines) is 1. The number of carbonyl (C=O) groups is 5. The molecule has 2 aromatic carbocycles. The Hall–Kier alpha value is -5.64. The van der Waals surface area contributed by atoms with Crippen molar-refractivity contribution in [2.45, 2.75) is 56.8 Å². The van der Waals surface area contributed by atoms with E-state index in [2.05, 4.69) is 27.5 Å². The van der Waals surface area contributed by atoms with E-state index in [0.29, 0.717) is 68.2 Å². The molecule has 0 radical (unpaired) electrons. The summed E-state index contributed by atoms with van der Waals surface area (Å²) in [4.78, 5) is 70.4. The number of carbonyl (C=O) groups excluding carboxylic acids is 5. The summed E-state index contributed by atoms with van der Waals surface area (Å²) < 4.78 is 13.7. The number of phenols is 1. The number of fused-ring (bicyclic) bond motifs is 1. The number of benzene rings is 2. The molecule has 16 heteroatoms. The van der Waals surface area contributed by atoms with E-state index in [-0.39, 0.29) is 60.0 Å². The Kier molecular flexibility index (Phi) is 13.0. The number of halogens is 1. The zero-order valence-corrected chi connectivity index (χ0v) is 32.7. The van der Waals surface area contributed by atoms with E-state index < -0.39 is 24.0 Å². The van der Waals surface area contributed by atoms with E-state index in [4.69, 9.17) is 11.5 Å². The Morgan fingerprint density at radius 2 is 1.74 bits per heavy atom. The topological polar surface area (TPSA) is 198 Å². The van der Waals surface area contributed by atoms with Crippen molar-refractivity contribution in [1.82, 2.24) is 30.2 Å². The molecule has 5 heterocycles. The Morgan fingerprint density at radius 1 is 0.982 bits per heavy atom. The molecule has 0 bridgehead atoms. The van der Waals surface area contributed by atoms with E-state index in [0.717, 1.165) is 38.0 Å². The molecule has 4 amide bonds. The summed E-state index contributed by atoms with van der Waals surface area (Å²) in [5.74, 6) is -0.237. The molecule has 7 N–H and O–H groups in total. The number of aldehydes is 1. The number of phenolic OH excluding ortho intramolecular Hbond substituents is 1. The molecular weight excluding hydrogens is 734 g/mol. The van der Waals surface area contributed by atoms with Crippen LogP contribution in [0.2, 0.25) is 0 Å². The fourth-order valence-corrected chi connectivity index (χ4v) is 8.21. The first-order valence-electron chi connectivity index (χ1n) is 19.7. The van der Waals surface area contributed by atoms with Gasteiger partial charge in [-0.25, -0.2) is 4.39 Å². The second kappa shape index (κ2) is 18.1. The molecule has 0 spiro atoms. The van der Waals surface area contributed by atoms with Crippen LogP contribution in [0.5, 0.6) is 5.75 Å². The summed E-state index contributed by atoms with van der Waals surface area (Å²) >= 11 is 0. The molecule has 0 aliphatic carbocycles. The average molecular weight is 788 g/mol. The lowest BCUT2D eigenvalue weighted by Crippen LogP contribution is -2.61. The van der Waals surface area contributed by atoms with Crippen LogP contribution in [0, 0.1) is 5.92 Å². The minimum atomic E-state index is -0.921. The largest absolute Gasteiger partial charge is 0.507 e. The van der Waals surface area contributed by atoms with Gasteiger partial charge in [0.25, 0.3) is 5.91 Å². The lowest BCUT2D eigenvalue weighted by atomic mass is 9.94. The average Bonchev–Trinajstić information content (AvgIpc) is 3.21. The van der Waals surface area contributed by atoms with Crippen molar-refractivity contribution < 1.29 is 33.5 Å². The monoisotopic (exact) mass is 787 g/mol. The summed E-state index contributed by atoms with van der Waals surface area (Å²) in [5, 5.41) is 15.6. The lowest BCUT2D eigenvalue weighted by molar-refractivity contribution is -0.140. The molecule has 5 aliphatic heterocycles. The van der Waals surface area contributed by atoms with Crippen molar-refractivity contribution in [3.63, 3.8) is 0 Å². The van der Waals surface area contributed by atoms with Crippen molar-refractivity contribution in [3.05, 3.63) is 76.7 Å². The molecule has 3 unspecified atom stereocenters. The highest BCUT2D eigenvalue weighted by atomic mass is 19.1. The Labute approximate surface area is 332 Å². The van der Waals surface area contributed by atoms with Gasteiger partial charge in [0.1, 0.15) is 23.8 Å². The number of anilines is 1. The van der Waals surface area contributed by atoms with Gasteiger partial charge in [-0.3, -0.25) is 29.3 Å². The van der Waals surface area contributed by atoms with Crippen molar-refractivity contribution in [1.29, 1.82) is 0 Å². The number of rotatable bonds is 7. The first-order valence-corrected chi connectivity index (χ1v) is 19.7. The van der Waals surface area contributed by atoms with Gasteiger partial charge in [-0.1, -0.05) is 12.1 Å². The molecule has 4 fully saturated rings. The number of para-hydroxylation sites is 1. The third kappa shape index (κ3) is 9.50. The first kappa shape index (κ1) is 41.0. The van der Waals surface area contributed by atoms with E-state index >= 15 is 0 Å². The Morgan fingerprint density at radius 3 is 2.44 bits per heavy atom. The van der Waals surface area contributed by atoms with Gasteiger partial charge in [-0.05, 0) is 88.6 Å². The number of imide groups is 1. The smallest absolute Gasteiger partial charge is 0.255 e. The van der Waals surface area contributed by atoms with Crippen LogP contribution >= 0.6 is 0 Å². The van der Waals surface area contributed by atoms with Gasteiger partial charge < -0.3 is 46.4 Å². The van der Waals surface area contributed by atoms with E-state index in [9.17, 15) is 33.5 Å². The number of nitrogens with zero attached hydrogens (tertiary/aromatic N) is 5. The molecule has 3 atom stereocenters. The Balaban J connectivity index is 0.000000194. The van der Waals surface area contributed by atoms with Crippen LogP contribution in [-0.2, 0) is 14.4 Å². The van der Waals surface area contributed by atoms with E-state index in [1.165, 1.54) is 18.0 Å². The summed E-state index contributed by atoms with van der Waals surface area (Å²) in [5.41, 5.74) is 15.4. The van der Waals surface area contributed by atoms with Gasteiger partial charge in [0.15, 0.2) is 6.29 Å². The van der Waals surface area contributed by atoms with Crippen molar-refractivity contribution in [3.8, 4) is 5.75 Å². The second-order valence-electron chi connectivity index (χ2n) is 15.5. The molecule has 306 valence electrons. The van der Waals surface area contributed by atoms with Crippen molar-refractivity contribution >= 4 is 41.3 Å². The number of hydrogen-bond acceptors (Lipinski definition) is 12. The number of hydrogen-bond donors (Lipinski definition) is 5. The summed E-state index contributed by atoms with van der Waals surface area (Å²) in [6.45, 7) is 5.67. The van der Waals surface area contributed by atoms with E-state index in [1.807, 2.05) is 21.9 Å². The van der Waals surface area contributed by atoms with Crippen LogP contribution in [0.25, 0.3) is 5.70 Å². The predicted molar refractivity (Wildman–Crippen MR) is 213 cm³/mol. The predicted octanol–water partition coefficient (Wildman–Crippen LogP) is 1.59. The summed E-state index contributed by atoms with van der Waals surface area (Å²) in [7, 11) is 3.59.